The molecule has 80 valence electrons. The second-order valence-electron chi connectivity index (χ2n) is 3.35. The van der Waals surface area contributed by atoms with Crippen molar-refractivity contribution in [3.8, 4) is 0 Å². The zero-order chi connectivity index (χ0) is 11.3. The molecule has 0 aliphatic carbocycles. The Hall–Kier alpha value is -1.61. The van der Waals surface area contributed by atoms with Gasteiger partial charge in [-0.15, -0.1) is 0 Å². The van der Waals surface area contributed by atoms with Gasteiger partial charge in [-0.05, 0) is 31.4 Å². The molecule has 2 rings (SSSR count). The van der Waals surface area contributed by atoms with Crippen LogP contribution in [0.2, 0.25) is 0 Å². The van der Waals surface area contributed by atoms with Crippen molar-refractivity contribution in [1.29, 1.82) is 0 Å². The van der Waals surface area contributed by atoms with Gasteiger partial charge in [0.2, 0.25) is 0 Å². The molecule has 0 saturated heterocycles. The lowest BCUT2D eigenvalue weighted by molar-refractivity contribution is -0.124. The van der Waals surface area contributed by atoms with Crippen LogP contribution in [0.3, 0.4) is 0 Å². The quantitative estimate of drug-likeness (QED) is 0.749. The van der Waals surface area contributed by atoms with Crippen LogP contribution in [0.4, 0.5) is 0 Å². The molecule has 15 heavy (non-hydrogen) atoms. The van der Waals surface area contributed by atoms with E-state index < -0.39 is 6.10 Å². The van der Waals surface area contributed by atoms with Crippen LogP contribution < -0.4 is 0 Å². The number of aromatic amines is 1. The van der Waals surface area contributed by atoms with Crippen molar-refractivity contribution in [2.24, 2.45) is 0 Å². The molecule has 2 N–H and O–H groups in total. The second-order valence-corrected chi connectivity index (χ2v) is 3.35. The molecule has 3 heteroatoms. The van der Waals surface area contributed by atoms with E-state index >= 15 is 0 Å². The maximum absolute atomic E-state index is 9.89. The van der Waals surface area contributed by atoms with Crippen LogP contribution in [0, 0.1) is 0 Å². The van der Waals surface area contributed by atoms with Crippen molar-refractivity contribution >= 4 is 16.7 Å². The van der Waals surface area contributed by atoms with Crippen LogP contribution >= 0.6 is 0 Å². The predicted octanol–water partition coefficient (Wildman–Crippen LogP) is 2.12. The van der Waals surface area contributed by atoms with Crippen LogP contribution in [-0.2, 0) is 4.79 Å². The highest BCUT2D eigenvalue weighted by atomic mass is 16.3. The van der Waals surface area contributed by atoms with Crippen LogP contribution in [0.1, 0.15) is 13.8 Å². The van der Waals surface area contributed by atoms with E-state index in [2.05, 4.69) is 23.2 Å². The normalized spacial score (nSPS) is 11.7. The standard InChI is InChI=1S/C8H7N.C4H8O2/c1-2-4-8-7(3-1)5-6-9-8;1-3(5)4(2)6/h1-6,9H;3,5H,1-2H3. The minimum absolute atomic E-state index is 0.185. The van der Waals surface area contributed by atoms with Gasteiger partial charge in [-0.2, -0.15) is 0 Å². The molecular weight excluding hydrogens is 190 g/mol. The van der Waals surface area contributed by atoms with Crippen molar-refractivity contribution < 1.29 is 9.90 Å². The van der Waals surface area contributed by atoms with Crippen molar-refractivity contribution in [1.82, 2.24) is 4.98 Å². The van der Waals surface area contributed by atoms with Gasteiger partial charge in [0, 0.05) is 11.7 Å². The van der Waals surface area contributed by atoms with E-state index in [-0.39, 0.29) is 5.78 Å². The number of carbonyl (C=O) groups is 1. The van der Waals surface area contributed by atoms with Gasteiger partial charge in [-0.1, -0.05) is 18.2 Å². The molecule has 1 aromatic carbocycles. The average Bonchev–Trinajstić information content (AvgIpc) is 2.66. The topological polar surface area (TPSA) is 53.1 Å². The fourth-order valence-electron chi connectivity index (χ4n) is 0.995. The minimum Gasteiger partial charge on any atom is -0.386 e. The molecule has 0 bridgehead atoms. The summed E-state index contributed by atoms with van der Waals surface area (Å²) in [4.78, 5) is 13.0. The van der Waals surface area contributed by atoms with Crippen LogP contribution in [0.25, 0.3) is 10.9 Å². The molecule has 1 atom stereocenters. The van der Waals surface area contributed by atoms with Gasteiger partial charge >= 0.3 is 0 Å². The maximum Gasteiger partial charge on any atom is 0.157 e. The van der Waals surface area contributed by atoms with E-state index in [0.29, 0.717) is 0 Å². The number of nitrogens with one attached hydrogen (secondary N) is 1. The molecule has 3 nitrogen and oxygen atoms in total. The van der Waals surface area contributed by atoms with Crippen molar-refractivity contribution in [3.63, 3.8) is 0 Å². The molecule has 0 aliphatic heterocycles. The lowest BCUT2D eigenvalue weighted by atomic mass is 10.3. The molecule has 2 aromatic rings. The van der Waals surface area contributed by atoms with E-state index in [0.717, 1.165) is 0 Å². The second kappa shape index (κ2) is 5.32. The van der Waals surface area contributed by atoms with Gasteiger partial charge in [0.25, 0.3) is 0 Å². The molecule has 0 aliphatic rings. The number of aliphatic hydroxyl groups excluding tert-OH is 1. The fourth-order valence-corrected chi connectivity index (χ4v) is 0.995. The number of Topliss-reactive ketones (excluding diaryl/α,β-unsaturated/α-hetero) is 1. The third kappa shape index (κ3) is 3.56. The van der Waals surface area contributed by atoms with Gasteiger partial charge in [-0.3, -0.25) is 4.79 Å². The van der Waals surface area contributed by atoms with Crippen molar-refractivity contribution in [2.75, 3.05) is 0 Å². The van der Waals surface area contributed by atoms with Crippen LogP contribution in [0.15, 0.2) is 36.5 Å². The smallest absolute Gasteiger partial charge is 0.157 e. The first-order chi connectivity index (χ1) is 7.11. The largest absolute Gasteiger partial charge is 0.386 e. The van der Waals surface area contributed by atoms with Crippen LogP contribution in [0.5, 0.6) is 0 Å². The third-order valence-electron chi connectivity index (χ3n) is 2.05. The van der Waals surface area contributed by atoms with Crippen LogP contribution in [-0.4, -0.2) is 22.0 Å². The number of aliphatic hydroxyl groups is 1. The van der Waals surface area contributed by atoms with E-state index in [9.17, 15) is 4.79 Å². The van der Waals surface area contributed by atoms with Crippen molar-refractivity contribution in [2.45, 2.75) is 20.0 Å². The summed E-state index contributed by atoms with van der Waals surface area (Å²) < 4.78 is 0. The number of hydrogen-bond acceptors (Lipinski definition) is 2. The summed E-state index contributed by atoms with van der Waals surface area (Å²) in [7, 11) is 0. The molecule has 1 unspecified atom stereocenters. The maximum atomic E-state index is 9.89. The van der Waals surface area contributed by atoms with Gasteiger partial charge in [0.05, 0.1) is 0 Å². The molecule has 0 saturated carbocycles. The third-order valence-corrected chi connectivity index (χ3v) is 2.05. The first-order valence-corrected chi connectivity index (χ1v) is 4.82. The fraction of sp³-hybridized carbons (Fsp3) is 0.250. The highest BCUT2D eigenvalue weighted by Crippen LogP contribution is 2.09. The highest BCUT2D eigenvalue weighted by Gasteiger charge is 1.97. The Kier molecular flexibility index (Phi) is 4.06. The Bertz CT molecular complexity index is 402. The number of hydrogen-bond donors (Lipinski definition) is 2. The molecule has 1 heterocycles. The Morgan fingerprint density at radius 1 is 1.33 bits per heavy atom. The lowest BCUT2D eigenvalue weighted by Crippen LogP contribution is -2.10. The number of para-hydroxylation sites is 1. The summed E-state index contributed by atoms with van der Waals surface area (Å²) in [6, 6.07) is 10.3. The Balaban J connectivity index is 0.000000167. The molecule has 0 amide bonds. The SMILES string of the molecule is CC(=O)C(C)O.c1ccc2[nH]ccc2c1. The minimum atomic E-state index is -0.787. The van der Waals surface area contributed by atoms with E-state index in [1.165, 1.54) is 24.8 Å². The summed E-state index contributed by atoms with van der Waals surface area (Å²) in [5.74, 6) is -0.185. The Morgan fingerprint density at radius 3 is 2.47 bits per heavy atom. The lowest BCUT2D eigenvalue weighted by Gasteiger charge is -1.90. The average molecular weight is 205 g/mol. The zero-order valence-corrected chi connectivity index (χ0v) is 8.90. The molecule has 0 spiro atoms. The summed E-state index contributed by atoms with van der Waals surface area (Å²) in [6.07, 6.45) is 1.16. The first kappa shape index (κ1) is 11.5. The number of fused-ring (bicyclic) bond motifs is 1. The number of benzene rings is 1. The zero-order valence-electron chi connectivity index (χ0n) is 8.90. The first-order valence-electron chi connectivity index (χ1n) is 4.82. The monoisotopic (exact) mass is 205 g/mol. The Labute approximate surface area is 88.7 Å². The van der Waals surface area contributed by atoms with Gasteiger partial charge < -0.3 is 10.1 Å². The van der Waals surface area contributed by atoms with E-state index in [4.69, 9.17) is 5.11 Å². The molecular formula is C12H15NO2. The highest BCUT2D eigenvalue weighted by molar-refractivity contribution is 5.79. The number of H-pyrrole nitrogens is 1. The van der Waals surface area contributed by atoms with Gasteiger partial charge in [-0.25, -0.2) is 0 Å². The number of rotatable bonds is 1. The predicted molar refractivity (Wildman–Crippen MR) is 60.7 cm³/mol. The van der Waals surface area contributed by atoms with E-state index in [1.807, 2.05) is 18.3 Å². The molecule has 0 radical (unpaired) electrons. The Morgan fingerprint density at radius 2 is 1.93 bits per heavy atom. The summed E-state index contributed by atoms with van der Waals surface area (Å²) in [6.45, 7) is 2.80. The summed E-state index contributed by atoms with van der Waals surface area (Å²) in [5, 5.41) is 9.56. The number of aromatic nitrogens is 1. The number of ketones is 1. The molecule has 0 fully saturated rings. The molecule has 1 aromatic heterocycles. The summed E-state index contributed by atoms with van der Waals surface area (Å²) >= 11 is 0. The summed E-state index contributed by atoms with van der Waals surface area (Å²) in [5.41, 5.74) is 1.21. The van der Waals surface area contributed by atoms with E-state index in [1.54, 1.807) is 0 Å². The number of carbonyl (C=O) groups excluding carboxylic acids is 1. The van der Waals surface area contributed by atoms with Gasteiger partial charge in [0.15, 0.2) is 5.78 Å². The van der Waals surface area contributed by atoms with Crippen molar-refractivity contribution in [3.05, 3.63) is 36.5 Å². The van der Waals surface area contributed by atoms with Gasteiger partial charge in [0.1, 0.15) is 6.10 Å².